The second-order valence-electron chi connectivity index (χ2n) is 37.8. The number of aliphatic hydroxyl groups excluding tert-OH is 9. The maximum Gasteiger partial charge on any atom is 0.132 e. The van der Waals surface area contributed by atoms with Gasteiger partial charge in [0.15, 0.2) is 0 Å². The number of thioether (sulfide) groups is 3. The number of ether oxygens (including phenoxy) is 10. The molecule has 18 rings (SSSR count). The van der Waals surface area contributed by atoms with Crippen LogP contribution in [0.2, 0.25) is 0 Å². The Balaban J connectivity index is 0.000000153. The first-order valence-corrected chi connectivity index (χ1v) is 51.2. The topological polar surface area (TPSA) is 362 Å². The minimum Gasteiger partial charge on any atom is -0.496 e. The molecule has 0 spiro atoms. The summed E-state index contributed by atoms with van der Waals surface area (Å²) in [6.45, 7) is 7.11. The van der Waals surface area contributed by atoms with Crippen molar-refractivity contribution in [2.75, 3.05) is 85.0 Å². The predicted octanol–water partition coefficient (Wildman–Crippen LogP) is 12.0. The van der Waals surface area contributed by atoms with E-state index in [-0.39, 0.29) is 88.7 Å². The predicted molar refractivity (Wildman–Crippen MR) is 512 cm³/mol. The lowest BCUT2D eigenvalue weighted by Gasteiger charge is -2.40. The molecule has 9 saturated heterocycles. The normalized spacial score (nSPS) is 31.5. The van der Waals surface area contributed by atoms with Gasteiger partial charge in [0.25, 0.3) is 0 Å². The fourth-order valence-corrected chi connectivity index (χ4v) is 22.5. The standard InChI is InChI=1S/C35H41F3N2O7S.C35H41F3N2O6S.C34H38F4N2O6S/c1-44-29-15-27(38)19(12-25(29)34-31(42)30(41)32(43)35(47-34)48-2)11-18-3-6-22(7-4-18)46-23-9-10-40(16-23)21-14-28(39)33(45-17-21)24-13-20(36)5-8-26(24)37;1-18-11-28(38)20(13-25(18)34-31(42)30(41)32(43)35(46-34)47-2)12-19-3-6-23(7-4-19)45-24-9-10-40(16-24)22-15-29(39)33(44-17-22)26-14-21(36)5-8-27(26)37;1-47-34-31(43)29(41)30(42)33(46-34)23-11-18(26(37)14-27(23)38)10-17-2-5-21(6-3-17)45-22-8-9-40(15-22)20-13-28(39)32(44-16-20)24-12-19(35)4-7-25(24)36/h3-8,12-13,15,21,23,28,30-35,41-43H,9-11,14,16-17,39H2,1-2H3;3-8,11,13-14,22,24,29-35,41-43H,9-10,12,15-17,39H2,1-2H3;2-7,11-12,14,20,22,28-34,41-43H,8-10,13,15-16,39H2,1H3/t21-,23-,28+,30-,31-,32+,33-,34+,35-;22-,24-,29+,30-,31-,32+,33-,34+,35-;20-,22-,28+,29-,30-,31+,32-,33+,34-/m111/s1. The number of methoxy groups -OCH3 is 1. The Morgan fingerprint density at radius 2 is 0.627 bits per heavy atom. The smallest absolute Gasteiger partial charge is 0.132 e. The molecule has 0 aromatic heterocycles. The van der Waals surface area contributed by atoms with Gasteiger partial charge in [-0.25, -0.2) is 43.9 Å². The van der Waals surface area contributed by atoms with Gasteiger partial charge in [-0.05, 0) is 224 Å². The molecule has 9 aliphatic rings. The van der Waals surface area contributed by atoms with Crippen LogP contribution in [0.1, 0.15) is 147 Å². The molecule has 9 aromatic carbocycles. The molecule has 0 amide bonds. The van der Waals surface area contributed by atoms with E-state index in [0.29, 0.717) is 110 Å². The molecule has 142 heavy (non-hydrogen) atoms. The molecular weight excluding hydrogens is 1920 g/mol. The number of halogens is 10. The molecule has 9 fully saturated rings. The van der Waals surface area contributed by atoms with E-state index in [1.807, 2.05) is 48.5 Å². The summed E-state index contributed by atoms with van der Waals surface area (Å²) in [5, 5.41) is 93.6. The summed E-state index contributed by atoms with van der Waals surface area (Å²) in [4.78, 5) is 6.76. The number of aryl methyl sites for hydroxylation is 1. The van der Waals surface area contributed by atoms with E-state index in [9.17, 15) is 81.1 Å². The molecule has 0 aliphatic carbocycles. The molecule has 9 heterocycles. The first-order valence-electron chi connectivity index (χ1n) is 47.4. The third-order valence-electron chi connectivity index (χ3n) is 28.3. The summed E-state index contributed by atoms with van der Waals surface area (Å²) in [6.07, 6.45) is -8.36. The maximum absolute atomic E-state index is 15.2. The van der Waals surface area contributed by atoms with Crippen molar-refractivity contribution in [2.45, 2.75) is 227 Å². The summed E-state index contributed by atoms with van der Waals surface area (Å²) in [7, 11) is 1.39. The van der Waals surface area contributed by atoms with E-state index in [0.717, 1.165) is 128 Å². The molecule has 25 nitrogen and oxygen atoms in total. The van der Waals surface area contributed by atoms with Crippen molar-refractivity contribution >= 4 is 35.3 Å². The number of nitrogens with two attached hydrogens (primary N) is 3. The fourth-order valence-electron chi connectivity index (χ4n) is 20.5. The lowest BCUT2D eigenvalue weighted by molar-refractivity contribution is -0.200. The zero-order chi connectivity index (χ0) is 101. The van der Waals surface area contributed by atoms with Gasteiger partial charge in [-0.3, -0.25) is 14.7 Å². The third kappa shape index (κ3) is 24.5. The van der Waals surface area contributed by atoms with Crippen LogP contribution in [0.4, 0.5) is 43.9 Å². The Morgan fingerprint density at radius 3 is 0.951 bits per heavy atom. The number of rotatable bonds is 25. The Labute approximate surface area is 829 Å². The van der Waals surface area contributed by atoms with E-state index in [1.54, 1.807) is 62.1 Å². The van der Waals surface area contributed by atoms with Crippen molar-refractivity contribution in [3.63, 3.8) is 0 Å². The molecule has 768 valence electrons. The lowest BCUT2D eigenvalue weighted by atomic mass is 9.89. The van der Waals surface area contributed by atoms with Gasteiger partial charge >= 0.3 is 0 Å². The van der Waals surface area contributed by atoms with Crippen molar-refractivity contribution < 1.29 is 137 Å². The van der Waals surface area contributed by atoms with E-state index in [1.165, 1.54) is 48.8 Å². The zero-order valence-electron chi connectivity index (χ0n) is 78.6. The van der Waals surface area contributed by atoms with Gasteiger partial charge in [-0.15, -0.1) is 35.3 Å². The molecule has 0 unspecified atom stereocenters. The van der Waals surface area contributed by atoms with Crippen molar-refractivity contribution in [1.82, 2.24) is 14.7 Å². The molecule has 15 N–H and O–H groups in total. The number of nitrogens with zero attached hydrogens (tertiary/aromatic N) is 3. The van der Waals surface area contributed by atoms with Crippen LogP contribution in [0.5, 0.6) is 23.0 Å². The first-order chi connectivity index (χ1) is 68.1. The Morgan fingerprint density at radius 1 is 0.331 bits per heavy atom. The number of aliphatic hydroxyl groups is 9. The van der Waals surface area contributed by atoms with Gasteiger partial charge < -0.3 is 111 Å². The molecule has 27 atom stereocenters. The van der Waals surface area contributed by atoms with Crippen LogP contribution < -0.4 is 36.1 Å². The van der Waals surface area contributed by atoms with E-state index in [2.05, 4.69) is 14.7 Å². The van der Waals surface area contributed by atoms with Gasteiger partial charge in [-0.1, -0.05) is 36.4 Å². The van der Waals surface area contributed by atoms with Crippen LogP contribution in [-0.4, -0.2) is 271 Å². The largest absolute Gasteiger partial charge is 0.496 e. The van der Waals surface area contributed by atoms with Gasteiger partial charge in [0.2, 0.25) is 0 Å². The maximum atomic E-state index is 15.2. The Bertz CT molecular complexity index is 5530. The fraction of sp³-hybridized carbons (Fsp3) is 0.481. The van der Waals surface area contributed by atoms with Gasteiger partial charge in [0.05, 0.1) is 26.9 Å². The van der Waals surface area contributed by atoms with Crippen LogP contribution in [0.25, 0.3) is 0 Å². The van der Waals surface area contributed by atoms with E-state index >= 15 is 8.78 Å². The average Bonchev–Trinajstić information content (AvgIpc) is 1.05. The number of hydrogen-bond acceptors (Lipinski definition) is 28. The molecular formula is C104H120F10N6O19S3. The molecule has 9 aromatic rings. The van der Waals surface area contributed by atoms with Gasteiger partial charge in [-0.2, -0.15) is 0 Å². The lowest BCUT2D eigenvalue weighted by Crippen LogP contribution is -2.53. The molecule has 0 bridgehead atoms. The molecule has 0 saturated carbocycles. The Hall–Kier alpha value is -8.31. The minimum atomic E-state index is -1.60. The summed E-state index contributed by atoms with van der Waals surface area (Å²) >= 11 is 3.53. The number of hydrogen-bond donors (Lipinski definition) is 12. The summed E-state index contributed by atoms with van der Waals surface area (Å²) in [5.74, 6) is -3.59. The molecule has 0 radical (unpaired) electrons. The van der Waals surface area contributed by atoms with Crippen LogP contribution in [-0.2, 0) is 47.7 Å². The second-order valence-corrected chi connectivity index (χ2v) is 40.6. The van der Waals surface area contributed by atoms with E-state index < -0.39 is 178 Å². The number of benzene rings is 9. The highest BCUT2D eigenvalue weighted by Gasteiger charge is 2.50. The van der Waals surface area contributed by atoms with Crippen molar-refractivity contribution in [3.8, 4) is 23.0 Å². The van der Waals surface area contributed by atoms with Crippen molar-refractivity contribution in [2.24, 2.45) is 17.2 Å². The monoisotopic (exact) mass is 2040 g/mol. The van der Waals surface area contributed by atoms with Crippen LogP contribution in [0.3, 0.4) is 0 Å². The number of likely N-dealkylation sites (tertiary alicyclic amines) is 3. The second kappa shape index (κ2) is 47.2. The summed E-state index contributed by atoms with van der Waals surface area (Å²) in [6, 6.07) is 38.5. The van der Waals surface area contributed by atoms with Gasteiger partial charge in [0, 0.05) is 135 Å². The van der Waals surface area contributed by atoms with E-state index in [4.69, 9.17) is 64.6 Å². The first kappa shape index (κ1) is 106. The van der Waals surface area contributed by atoms with Crippen LogP contribution >= 0.6 is 35.3 Å². The molecule has 9 aliphatic heterocycles. The summed E-state index contributed by atoms with van der Waals surface area (Å²) < 4.78 is 204. The minimum absolute atomic E-state index is 0.0180. The van der Waals surface area contributed by atoms with Crippen molar-refractivity contribution in [1.29, 1.82) is 0 Å². The van der Waals surface area contributed by atoms with Gasteiger partial charge in [0.1, 0.15) is 207 Å². The Kier molecular flexibility index (Phi) is 35.4. The molecule has 38 heteroatoms. The van der Waals surface area contributed by atoms with Crippen molar-refractivity contribution in [3.05, 3.63) is 294 Å². The van der Waals surface area contributed by atoms with Crippen LogP contribution in [0, 0.1) is 65.1 Å². The third-order valence-corrected chi connectivity index (χ3v) is 30.8. The SMILES string of the molecule is COc1cc(F)c(Cc2ccc(O[C@@H]3CCN([C@H]4CO[C@H](c5cc(F)ccc5F)[C@@H](N)C4)C3)cc2)cc1[C@@H]1O[C@H](SC)[C@@H](O)[C@H](O)[C@H]1O.CS[C@H]1O[C@@H](c2cc(Cc3ccc(O[C@@H]4CCN([C@H]5CO[C@H](c6cc(F)ccc6F)[C@@H](N)C5)C4)cc3)c(F)cc2C)[C@H](O)[C@@H](O)[C@@H]1O.CS[C@H]1O[C@@H](c2cc(Cc3ccc(O[C@@H]4CCN([C@H]5CO[C@H](c6cc(F)ccc6F)[C@@H](N)C5)C4)cc3)c(F)cc2F)[C@H](O)[C@@H](O)[C@@H]1O. The highest BCUT2D eigenvalue weighted by Crippen LogP contribution is 2.46. The highest BCUT2D eigenvalue weighted by molar-refractivity contribution is 7.99. The zero-order valence-corrected chi connectivity index (χ0v) is 81.0. The quantitative estimate of drug-likeness (QED) is 0.0236. The summed E-state index contributed by atoms with van der Waals surface area (Å²) in [5.41, 5.74) is 21.9. The highest BCUT2D eigenvalue weighted by atomic mass is 32.2. The van der Waals surface area contributed by atoms with Crippen LogP contribution in [0.15, 0.2) is 164 Å². The average molecular weight is 2040 g/mol.